The van der Waals surface area contributed by atoms with Crippen molar-refractivity contribution in [2.24, 2.45) is 0 Å². The largest absolute Gasteiger partial charge is 0.478 e. The van der Waals surface area contributed by atoms with Gasteiger partial charge in [0.05, 0.1) is 11.7 Å². The Hall–Kier alpha value is -1.51. The van der Waals surface area contributed by atoms with Crippen LogP contribution in [0.15, 0.2) is 23.1 Å². The summed E-state index contributed by atoms with van der Waals surface area (Å²) in [4.78, 5) is 10.1. The molecule has 2 atom stereocenters. The minimum absolute atomic E-state index is 0.152. The van der Waals surface area contributed by atoms with Crippen molar-refractivity contribution in [2.75, 3.05) is 0 Å². The Bertz CT molecular complexity index is 600. The highest BCUT2D eigenvalue weighted by molar-refractivity contribution is 7.89. The molecular weight excluding hydrogens is 289 g/mol. The van der Waals surface area contributed by atoms with E-state index in [-0.39, 0.29) is 12.0 Å². The lowest BCUT2D eigenvalue weighted by Gasteiger charge is -2.16. The van der Waals surface area contributed by atoms with Gasteiger partial charge in [0.1, 0.15) is 10.7 Å². The number of halogens is 1. The van der Waals surface area contributed by atoms with E-state index in [1.807, 2.05) is 0 Å². The minimum atomic E-state index is -4.19. The molecule has 0 aliphatic carbocycles. The standard InChI is InChI=1S/C12H16FNO5S/c1-7(5-8(2)15)14-20(18,19)11-6-9(12(16)17)3-4-10(11)13/h3-4,6-8,14-15H,5H2,1-2H3,(H,16,17). The molecule has 0 bridgehead atoms. The second kappa shape index (κ2) is 6.29. The molecule has 112 valence electrons. The Morgan fingerprint density at radius 1 is 1.40 bits per heavy atom. The molecule has 0 fully saturated rings. The van der Waals surface area contributed by atoms with E-state index >= 15 is 0 Å². The number of benzene rings is 1. The summed E-state index contributed by atoms with van der Waals surface area (Å²) in [7, 11) is -4.19. The number of aliphatic hydroxyl groups is 1. The molecule has 0 aromatic heterocycles. The van der Waals surface area contributed by atoms with Crippen molar-refractivity contribution >= 4 is 16.0 Å². The zero-order valence-electron chi connectivity index (χ0n) is 11.0. The van der Waals surface area contributed by atoms with Gasteiger partial charge >= 0.3 is 5.97 Å². The van der Waals surface area contributed by atoms with Gasteiger partial charge in [0.25, 0.3) is 0 Å². The first kappa shape index (κ1) is 16.5. The third-order valence-electron chi connectivity index (χ3n) is 2.52. The Morgan fingerprint density at radius 2 is 2.00 bits per heavy atom. The summed E-state index contributed by atoms with van der Waals surface area (Å²) in [6.45, 7) is 3.01. The summed E-state index contributed by atoms with van der Waals surface area (Å²) in [6.07, 6.45) is -0.567. The number of hydrogen-bond acceptors (Lipinski definition) is 4. The second-order valence-corrected chi connectivity index (χ2v) is 6.24. The topological polar surface area (TPSA) is 104 Å². The van der Waals surface area contributed by atoms with Gasteiger partial charge in [-0.2, -0.15) is 0 Å². The lowest BCUT2D eigenvalue weighted by Crippen LogP contribution is -2.35. The maximum Gasteiger partial charge on any atom is 0.335 e. The molecular formula is C12H16FNO5S. The van der Waals surface area contributed by atoms with Crippen molar-refractivity contribution in [3.05, 3.63) is 29.6 Å². The summed E-state index contributed by atoms with van der Waals surface area (Å²) in [5, 5.41) is 18.0. The summed E-state index contributed by atoms with van der Waals surface area (Å²) < 4.78 is 39.8. The van der Waals surface area contributed by atoms with Crippen LogP contribution in [0.4, 0.5) is 4.39 Å². The molecule has 0 aliphatic heterocycles. The van der Waals surface area contributed by atoms with Crippen LogP contribution in [0.2, 0.25) is 0 Å². The van der Waals surface area contributed by atoms with Crippen LogP contribution in [0.3, 0.4) is 0 Å². The Balaban J connectivity index is 3.09. The quantitative estimate of drug-likeness (QED) is 0.726. The van der Waals surface area contributed by atoms with E-state index in [1.165, 1.54) is 13.8 Å². The molecule has 0 radical (unpaired) electrons. The average Bonchev–Trinajstić information content (AvgIpc) is 2.26. The number of aromatic carboxylic acids is 1. The van der Waals surface area contributed by atoms with Crippen molar-refractivity contribution in [3.8, 4) is 0 Å². The van der Waals surface area contributed by atoms with E-state index < -0.39 is 38.9 Å². The smallest absolute Gasteiger partial charge is 0.335 e. The molecule has 6 nitrogen and oxygen atoms in total. The van der Waals surface area contributed by atoms with Gasteiger partial charge in [0.15, 0.2) is 0 Å². The number of carbonyl (C=O) groups is 1. The molecule has 1 aromatic rings. The number of carboxylic acid groups (broad SMARTS) is 1. The Kier molecular flexibility index (Phi) is 5.21. The van der Waals surface area contributed by atoms with Crippen LogP contribution in [0.1, 0.15) is 30.6 Å². The fraction of sp³-hybridized carbons (Fsp3) is 0.417. The molecule has 1 rings (SSSR count). The lowest BCUT2D eigenvalue weighted by molar-refractivity contribution is 0.0696. The first-order chi connectivity index (χ1) is 9.13. The zero-order chi connectivity index (χ0) is 15.5. The van der Waals surface area contributed by atoms with Crippen molar-refractivity contribution in [1.82, 2.24) is 4.72 Å². The SMILES string of the molecule is CC(O)CC(C)NS(=O)(=O)c1cc(C(=O)O)ccc1F. The summed E-state index contributed by atoms with van der Waals surface area (Å²) >= 11 is 0. The predicted molar refractivity (Wildman–Crippen MR) is 69.4 cm³/mol. The number of aliphatic hydroxyl groups excluding tert-OH is 1. The Morgan fingerprint density at radius 3 is 2.50 bits per heavy atom. The monoisotopic (exact) mass is 305 g/mol. The first-order valence-corrected chi connectivity index (χ1v) is 7.35. The zero-order valence-corrected chi connectivity index (χ0v) is 11.8. The van der Waals surface area contributed by atoms with Gasteiger partial charge in [0.2, 0.25) is 10.0 Å². The van der Waals surface area contributed by atoms with E-state index in [4.69, 9.17) is 5.11 Å². The van der Waals surface area contributed by atoms with Crippen LogP contribution < -0.4 is 4.72 Å². The third-order valence-corrected chi connectivity index (χ3v) is 4.12. The van der Waals surface area contributed by atoms with Crippen molar-refractivity contribution < 1.29 is 27.8 Å². The highest BCUT2D eigenvalue weighted by atomic mass is 32.2. The average molecular weight is 305 g/mol. The number of carboxylic acids is 1. The van der Waals surface area contributed by atoms with Crippen LogP contribution in [0, 0.1) is 5.82 Å². The van der Waals surface area contributed by atoms with Gasteiger partial charge in [0, 0.05) is 6.04 Å². The van der Waals surface area contributed by atoms with E-state index in [9.17, 15) is 22.7 Å². The maximum absolute atomic E-state index is 13.6. The van der Waals surface area contributed by atoms with E-state index in [0.717, 1.165) is 18.2 Å². The van der Waals surface area contributed by atoms with E-state index in [2.05, 4.69) is 4.72 Å². The molecule has 0 aliphatic rings. The van der Waals surface area contributed by atoms with Crippen molar-refractivity contribution in [3.63, 3.8) is 0 Å². The predicted octanol–water partition coefficient (Wildman–Crippen LogP) is 0.962. The number of nitrogens with one attached hydrogen (secondary N) is 1. The van der Waals surface area contributed by atoms with Gasteiger partial charge in [-0.1, -0.05) is 0 Å². The number of hydrogen-bond donors (Lipinski definition) is 3. The van der Waals surface area contributed by atoms with Gasteiger partial charge < -0.3 is 10.2 Å². The molecule has 2 unspecified atom stereocenters. The van der Waals surface area contributed by atoms with Crippen LogP contribution in [-0.2, 0) is 10.0 Å². The molecule has 0 spiro atoms. The van der Waals surface area contributed by atoms with Crippen LogP contribution in [0.5, 0.6) is 0 Å². The summed E-state index contributed by atoms with van der Waals surface area (Å²) in [6, 6.07) is 1.91. The molecule has 8 heteroatoms. The molecule has 1 aromatic carbocycles. The Labute approximate surface area is 116 Å². The molecule has 0 saturated heterocycles. The van der Waals surface area contributed by atoms with Gasteiger partial charge in [-0.15, -0.1) is 0 Å². The fourth-order valence-electron chi connectivity index (χ4n) is 1.73. The molecule has 3 N–H and O–H groups in total. The van der Waals surface area contributed by atoms with E-state index in [1.54, 1.807) is 0 Å². The van der Waals surface area contributed by atoms with Crippen molar-refractivity contribution in [1.29, 1.82) is 0 Å². The second-order valence-electron chi connectivity index (χ2n) is 4.56. The summed E-state index contributed by atoms with van der Waals surface area (Å²) in [5.74, 6) is -2.38. The fourth-order valence-corrected chi connectivity index (χ4v) is 3.09. The number of rotatable bonds is 6. The molecule has 0 saturated carbocycles. The molecule has 0 heterocycles. The van der Waals surface area contributed by atoms with E-state index in [0.29, 0.717) is 0 Å². The highest BCUT2D eigenvalue weighted by Crippen LogP contribution is 2.17. The van der Waals surface area contributed by atoms with Crippen LogP contribution >= 0.6 is 0 Å². The van der Waals surface area contributed by atoms with Gasteiger partial charge in [-0.25, -0.2) is 22.3 Å². The van der Waals surface area contributed by atoms with Gasteiger partial charge in [-0.05, 0) is 38.5 Å². The van der Waals surface area contributed by atoms with Crippen LogP contribution in [0.25, 0.3) is 0 Å². The highest BCUT2D eigenvalue weighted by Gasteiger charge is 2.23. The summed E-state index contributed by atoms with van der Waals surface area (Å²) in [5.41, 5.74) is -0.324. The number of sulfonamides is 1. The first-order valence-electron chi connectivity index (χ1n) is 5.86. The molecule has 20 heavy (non-hydrogen) atoms. The lowest BCUT2D eigenvalue weighted by atomic mass is 10.2. The minimum Gasteiger partial charge on any atom is -0.478 e. The molecule has 0 amide bonds. The third kappa shape index (κ3) is 4.26. The van der Waals surface area contributed by atoms with Gasteiger partial charge in [-0.3, -0.25) is 0 Å². The van der Waals surface area contributed by atoms with Crippen LogP contribution in [-0.4, -0.2) is 36.7 Å². The normalized spacial score (nSPS) is 14.8. The maximum atomic E-state index is 13.6. The van der Waals surface area contributed by atoms with Crippen molar-refractivity contribution in [2.45, 2.75) is 37.3 Å².